The third-order valence-corrected chi connectivity index (χ3v) is 3.04. The molecule has 1 atom stereocenters. The van der Waals surface area contributed by atoms with Crippen molar-refractivity contribution >= 4 is 40.4 Å². The van der Waals surface area contributed by atoms with Crippen LogP contribution in [0.1, 0.15) is 27.2 Å². The summed E-state index contributed by atoms with van der Waals surface area (Å²) in [5.41, 5.74) is -0.665. The number of nitrogens with one attached hydrogen (secondary N) is 2. The Morgan fingerprint density at radius 2 is 2.09 bits per heavy atom. The van der Waals surface area contributed by atoms with Crippen molar-refractivity contribution in [3.63, 3.8) is 0 Å². The minimum atomic E-state index is -0.902. The molecule has 0 aliphatic rings. The molecule has 1 rings (SSSR count). The molecular formula is C14H20IN3O4. The maximum absolute atomic E-state index is 12.2. The van der Waals surface area contributed by atoms with E-state index < -0.39 is 23.6 Å². The second kappa shape index (κ2) is 8.28. The van der Waals surface area contributed by atoms with Crippen LogP contribution in [0.15, 0.2) is 18.3 Å². The highest BCUT2D eigenvalue weighted by molar-refractivity contribution is 14.1. The summed E-state index contributed by atoms with van der Waals surface area (Å²) in [5.74, 6) is -0.0899. The molecule has 1 aromatic rings. The summed E-state index contributed by atoms with van der Waals surface area (Å²) in [6, 6.07) is 2.55. The predicted molar refractivity (Wildman–Crippen MR) is 90.4 cm³/mol. The first kappa shape index (κ1) is 18.6. The number of hydrogen-bond acceptors (Lipinski definition) is 5. The van der Waals surface area contributed by atoms with Crippen molar-refractivity contribution in [1.29, 1.82) is 0 Å². The number of aliphatic hydroxyl groups excluding tert-OH is 1. The summed E-state index contributed by atoms with van der Waals surface area (Å²) >= 11 is 2.10. The van der Waals surface area contributed by atoms with Gasteiger partial charge in [-0.05, 0) is 61.9 Å². The van der Waals surface area contributed by atoms with E-state index in [9.17, 15) is 9.59 Å². The molecule has 0 aliphatic carbocycles. The Hall–Kier alpha value is -1.42. The molecule has 1 aromatic heterocycles. The fourth-order valence-corrected chi connectivity index (χ4v) is 1.83. The van der Waals surface area contributed by atoms with Gasteiger partial charge in [0.05, 0.1) is 0 Å². The zero-order chi connectivity index (χ0) is 16.8. The standard InChI is InChI=1S/C14H20IN3O4/c1-14(2,3)22-13(21)17-10(6-7-19)12(20)18-11-5-4-9(15)8-16-11/h4-5,8,10,19H,6-7H2,1-3H3,(H,17,21)(H,16,18,20)/t10-/m0/s1. The zero-order valence-corrected chi connectivity index (χ0v) is 14.9. The lowest BCUT2D eigenvalue weighted by molar-refractivity contribution is -0.118. The van der Waals surface area contributed by atoms with Crippen molar-refractivity contribution in [2.45, 2.75) is 38.8 Å². The van der Waals surface area contributed by atoms with Gasteiger partial charge in [-0.25, -0.2) is 9.78 Å². The number of hydrogen-bond donors (Lipinski definition) is 3. The van der Waals surface area contributed by atoms with Crippen LogP contribution in [0.5, 0.6) is 0 Å². The number of alkyl carbamates (subject to hydrolysis) is 1. The average Bonchev–Trinajstić information content (AvgIpc) is 2.38. The van der Waals surface area contributed by atoms with Crippen LogP contribution >= 0.6 is 22.6 Å². The van der Waals surface area contributed by atoms with Crippen LogP contribution in [0.3, 0.4) is 0 Å². The van der Waals surface area contributed by atoms with Crippen molar-refractivity contribution in [2.75, 3.05) is 11.9 Å². The largest absolute Gasteiger partial charge is 0.444 e. The number of amides is 2. The van der Waals surface area contributed by atoms with Gasteiger partial charge < -0.3 is 20.5 Å². The average molecular weight is 421 g/mol. The second-order valence-electron chi connectivity index (χ2n) is 5.56. The molecule has 8 heteroatoms. The first-order valence-electron chi connectivity index (χ1n) is 6.74. The van der Waals surface area contributed by atoms with Gasteiger partial charge in [0.25, 0.3) is 0 Å². The van der Waals surface area contributed by atoms with Crippen molar-refractivity contribution in [3.05, 3.63) is 21.9 Å². The smallest absolute Gasteiger partial charge is 0.408 e. The lowest BCUT2D eigenvalue weighted by Gasteiger charge is -2.22. The first-order valence-corrected chi connectivity index (χ1v) is 7.82. The molecule has 0 spiro atoms. The van der Waals surface area contributed by atoms with E-state index in [0.717, 1.165) is 3.57 Å². The predicted octanol–water partition coefficient (Wildman–Crippen LogP) is 1.90. The van der Waals surface area contributed by atoms with Gasteiger partial charge in [0.1, 0.15) is 17.5 Å². The molecule has 0 fully saturated rings. The van der Waals surface area contributed by atoms with E-state index in [2.05, 4.69) is 38.2 Å². The Kier molecular flexibility index (Phi) is 7.01. The number of aromatic nitrogens is 1. The molecule has 0 aromatic carbocycles. The van der Waals surface area contributed by atoms with Crippen molar-refractivity contribution in [1.82, 2.24) is 10.3 Å². The van der Waals surface area contributed by atoms with E-state index in [1.54, 1.807) is 39.1 Å². The number of ether oxygens (including phenoxy) is 1. The topological polar surface area (TPSA) is 101 Å². The molecule has 0 radical (unpaired) electrons. The molecule has 22 heavy (non-hydrogen) atoms. The normalized spacial score (nSPS) is 12.4. The van der Waals surface area contributed by atoms with E-state index in [-0.39, 0.29) is 13.0 Å². The van der Waals surface area contributed by atoms with Gasteiger partial charge in [0, 0.05) is 16.4 Å². The number of pyridine rings is 1. The molecule has 0 aliphatic heterocycles. The van der Waals surface area contributed by atoms with Crippen LogP contribution in [0.25, 0.3) is 0 Å². The highest BCUT2D eigenvalue weighted by Gasteiger charge is 2.24. The number of carbonyl (C=O) groups is 2. The molecular weight excluding hydrogens is 401 g/mol. The fraction of sp³-hybridized carbons (Fsp3) is 0.500. The molecule has 1 heterocycles. The van der Waals surface area contributed by atoms with Crippen LogP contribution in [-0.4, -0.2) is 40.3 Å². The van der Waals surface area contributed by atoms with Crippen molar-refractivity contribution in [3.8, 4) is 0 Å². The Morgan fingerprint density at radius 3 is 2.59 bits per heavy atom. The van der Waals surface area contributed by atoms with Gasteiger partial charge in [-0.1, -0.05) is 0 Å². The highest BCUT2D eigenvalue weighted by atomic mass is 127. The Balaban J connectivity index is 2.66. The number of aliphatic hydroxyl groups is 1. The quantitative estimate of drug-likeness (QED) is 0.631. The zero-order valence-electron chi connectivity index (χ0n) is 12.7. The SMILES string of the molecule is CC(C)(C)OC(=O)N[C@@H](CCO)C(=O)Nc1ccc(I)cn1. The molecule has 7 nitrogen and oxygen atoms in total. The van der Waals surface area contributed by atoms with Gasteiger partial charge >= 0.3 is 6.09 Å². The molecule has 122 valence electrons. The summed E-state index contributed by atoms with van der Waals surface area (Å²) < 4.78 is 6.04. The van der Waals surface area contributed by atoms with Gasteiger partial charge in [0.15, 0.2) is 0 Å². The van der Waals surface area contributed by atoms with Gasteiger partial charge in [-0.15, -0.1) is 0 Å². The number of carbonyl (C=O) groups excluding carboxylic acids is 2. The lowest BCUT2D eigenvalue weighted by Crippen LogP contribution is -2.46. The van der Waals surface area contributed by atoms with Crippen LogP contribution < -0.4 is 10.6 Å². The molecule has 0 unspecified atom stereocenters. The summed E-state index contributed by atoms with van der Waals surface area (Å²) in [7, 11) is 0. The van der Waals surface area contributed by atoms with Crippen LogP contribution in [-0.2, 0) is 9.53 Å². The third-order valence-electron chi connectivity index (χ3n) is 2.40. The molecule has 0 saturated heterocycles. The van der Waals surface area contributed by atoms with E-state index in [1.165, 1.54) is 0 Å². The van der Waals surface area contributed by atoms with Crippen LogP contribution in [0, 0.1) is 3.57 Å². The first-order chi connectivity index (χ1) is 10.2. The number of rotatable bonds is 5. The lowest BCUT2D eigenvalue weighted by atomic mass is 10.2. The summed E-state index contributed by atoms with van der Waals surface area (Å²) in [6.45, 7) is 4.93. The second-order valence-corrected chi connectivity index (χ2v) is 6.81. The van der Waals surface area contributed by atoms with E-state index in [4.69, 9.17) is 9.84 Å². The Morgan fingerprint density at radius 1 is 1.41 bits per heavy atom. The van der Waals surface area contributed by atoms with Crippen LogP contribution in [0.2, 0.25) is 0 Å². The van der Waals surface area contributed by atoms with Crippen LogP contribution in [0.4, 0.5) is 10.6 Å². The van der Waals surface area contributed by atoms with Gasteiger partial charge in [-0.2, -0.15) is 0 Å². The number of nitrogens with zero attached hydrogens (tertiary/aromatic N) is 1. The highest BCUT2D eigenvalue weighted by Crippen LogP contribution is 2.09. The molecule has 3 N–H and O–H groups in total. The van der Waals surface area contributed by atoms with Crippen molar-refractivity contribution < 1.29 is 19.4 Å². The minimum Gasteiger partial charge on any atom is -0.444 e. The monoisotopic (exact) mass is 421 g/mol. The number of anilines is 1. The molecule has 2 amide bonds. The van der Waals surface area contributed by atoms with E-state index in [0.29, 0.717) is 5.82 Å². The van der Waals surface area contributed by atoms with E-state index in [1.807, 2.05) is 0 Å². The Bertz CT molecular complexity index is 514. The maximum atomic E-state index is 12.2. The summed E-state index contributed by atoms with van der Waals surface area (Å²) in [5, 5.41) is 14.1. The maximum Gasteiger partial charge on any atom is 0.408 e. The van der Waals surface area contributed by atoms with Gasteiger partial charge in [0.2, 0.25) is 5.91 Å². The summed E-state index contributed by atoms with van der Waals surface area (Å²) in [6.07, 6.45) is 0.977. The van der Waals surface area contributed by atoms with Gasteiger partial charge in [-0.3, -0.25) is 4.79 Å². The third kappa shape index (κ3) is 7.03. The Labute approximate surface area is 143 Å². The fourth-order valence-electron chi connectivity index (χ4n) is 1.51. The summed E-state index contributed by atoms with van der Waals surface area (Å²) in [4.78, 5) is 27.9. The van der Waals surface area contributed by atoms with Crippen molar-refractivity contribution in [2.24, 2.45) is 0 Å². The molecule has 0 saturated carbocycles. The number of halogens is 1. The van der Waals surface area contributed by atoms with E-state index >= 15 is 0 Å². The molecule has 0 bridgehead atoms. The minimum absolute atomic E-state index is 0.0788.